The molecule has 0 unspecified atom stereocenters. The minimum Gasteiger partial charge on any atom is -0.462 e. The summed E-state index contributed by atoms with van der Waals surface area (Å²) in [7, 11) is 2.00. The molecule has 0 atom stereocenters. The van der Waals surface area contributed by atoms with Crippen LogP contribution in [0.2, 0.25) is 0 Å². The molecule has 0 spiro atoms. The highest BCUT2D eigenvalue weighted by Gasteiger charge is 2.11. The molecule has 24 heavy (non-hydrogen) atoms. The fourth-order valence-corrected chi connectivity index (χ4v) is 3.20. The summed E-state index contributed by atoms with van der Waals surface area (Å²) in [6.07, 6.45) is 1.86. The molecular weight excluding hydrogens is 320 g/mol. The third-order valence-electron chi connectivity index (χ3n) is 3.60. The standard InChI is InChI=1S/C19H18N2O2S/c1-3-23-18(22)15-11-9-14(10-12-15)17-13-20-19(24-17)21(2)16-7-5-4-6-8-16/h4-13H,3H2,1-2H3. The summed E-state index contributed by atoms with van der Waals surface area (Å²) >= 11 is 1.61. The average Bonchev–Trinajstić information content (AvgIpc) is 3.12. The Labute approximate surface area is 145 Å². The zero-order chi connectivity index (χ0) is 16.9. The Balaban J connectivity index is 1.79. The summed E-state index contributed by atoms with van der Waals surface area (Å²) in [6, 6.07) is 17.5. The molecular formula is C19H18N2O2S. The normalized spacial score (nSPS) is 10.4. The van der Waals surface area contributed by atoms with Crippen molar-refractivity contribution in [2.24, 2.45) is 0 Å². The number of aromatic nitrogens is 1. The number of hydrogen-bond acceptors (Lipinski definition) is 5. The molecule has 0 amide bonds. The minimum absolute atomic E-state index is 0.294. The second-order valence-corrected chi connectivity index (χ2v) is 6.21. The van der Waals surface area contributed by atoms with E-state index < -0.39 is 0 Å². The molecule has 3 rings (SSSR count). The molecule has 1 aromatic heterocycles. The predicted octanol–water partition coefficient (Wildman–Crippen LogP) is 4.75. The molecule has 3 aromatic rings. The zero-order valence-corrected chi connectivity index (χ0v) is 14.4. The number of carbonyl (C=O) groups excluding carboxylic acids is 1. The first-order valence-electron chi connectivity index (χ1n) is 7.71. The molecule has 0 aliphatic carbocycles. The van der Waals surface area contributed by atoms with Crippen LogP contribution in [0, 0.1) is 0 Å². The van der Waals surface area contributed by atoms with E-state index in [2.05, 4.69) is 22.0 Å². The van der Waals surface area contributed by atoms with Crippen LogP contribution in [-0.2, 0) is 4.74 Å². The Bertz CT molecular complexity index is 813. The maximum atomic E-state index is 11.7. The first-order valence-corrected chi connectivity index (χ1v) is 8.53. The van der Waals surface area contributed by atoms with Gasteiger partial charge >= 0.3 is 5.97 Å². The second-order valence-electron chi connectivity index (χ2n) is 5.20. The van der Waals surface area contributed by atoms with E-state index in [1.165, 1.54) is 0 Å². The van der Waals surface area contributed by atoms with Gasteiger partial charge in [-0.15, -0.1) is 0 Å². The van der Waals surface area contributed by atoms with Gasteiger partial charge in [-0.1, -0.05) is 41.7 Å². The highest BCUT2D eigenvalue weighted by molar-refractivity contribution is 7.19. The summed E-state index contributed by atoms with van der Waals surface area (Å²) < 4.78 is 5.00. The molecule has 0 N–H and O–H groups in total. The monoisotopic (exact) mass is 338 g/mol. The summed E-state index contributed by atoms with van der Waals surface area (Å²) in [5.74, 6) is -0.294. The highest BCUT2D eigenvalue weighted by atomic mass is 32.1. The molecule has 0 aliphatic rings. The third-order valence-corrected chi connectivity index (χ3v) is 4.73. The predicted molar refractivity (Wildman–Crippen MR) is 98.0 cm³/mol. The number of thiazole rings is 1. The molecule has 0 fully saturated rings. The summed E-state index contributed by atoms with van der Waals surface area (Å²) in [5, 5.41) is 0.922. The van der Waals surface area contributed by atoms with Crippen molar-refractivity contribution in [3.05, 3.63) is 66.4 Å². The van der Waals surface area contributed by atoms with Crippen LogP contribution in [0.4, 0.5) is 10.8 Å². The Morgan fingerprint density at radius 3 is 2.50 bits per heavy atom. The van der Waals surface area contributed by atoms with E-state index in [0.717, 1.165) is 21.3 Å². The number of ether oxygens (including phenoxy) is 1. The van der Waals surface area contributed by atoms with E-state index in [0.29, 0.717) is 12.2 Å². The SMILES string of the molecule is CCOC(=O)c1ccc(-c2cnc(N(C)c3ccccc3)s2)cc1. The zero-order valence-electron chi connectivity index (χ0n) is 13.6. The van der Waals surface area contributed by atoms with Gasteiger partial charge < -0.3 is 9.64 Å². The Kier molecular flexibility index (Phi) is 4.91. The lowest BCUT2D eigenvalue weighted by Gasteiger charge is -2.15. The molecule has 0 saturated carbocycles. The van der Waals surface area contributed by atoms with Crippen molar-refractivity contribution in [2.75, 3.05) is 18.6 Å². The van der Waals surface area contributed by atoms with Crippen LogP contribution < -0.4 is 4.90 Å². The van der Waals surface area contributed by atoms with Gasteiger partial charge in [0.2, 0.25) is 0 Å². The fourth-order valence-electron chi connectivity index (χ4n) is 2.30. The van der Waals surface area contributed by atoms with E-state index in [4.69, 9.17) is 4.74 Å². The second kappa shape index (κ2) is 7.27. The lowest BCUT2D eigenvalue weighted by Crippen LogP contribution is -2.08. The van der Waals surface area contributed by atoms with Crippen molar-refractivity contribution in [3.8, 4) is 10.4 Å². The van der Waals surface area contributed by atoms with Crippen LogP contribution in [0.1, 0.15) is 17.3 Å². The largest absolute Gasteiger partial charge is 0.462 e. The van der Waals surface area contributed by atoms with Crippen molar-refractivity contribution < 1.29 is 9.53 Å². The van der Waals surface area contributed by atoms with Gasteiger partial charge in [0.1, 0.15) is 0 Å². The van der Waals surface area contributed by atoms with Gasteiger partial charge in [-0.2, -0.15) is 0 Å². The summed E-state index contributed by atoms with van der Waals surface area (Å²) in [5.41, 5.74) is 2.69. The first-order chi connectivity index (χ1) is 11.7. The van der Waals surface area contributed by atoms with Crippen molar-refractivity contribution in [1.82, 2.24) is 4.98 Å². The molecule has 0 aliphatic heterocycles. The van der Waals surface area contributed by atoms with Gasteiger partial charge in [-0.05, 0) is 36.8 Å². The van der Waals surface area contributed by atoms with Gasteiger partial charge in [-0.25, -0.2) is 9.78 Å². The van der Waals surface area contributed by atoms with Crippen molar-refractivity contribution in [2.45, 2.75) is 6.92 Å². The number of benzene rings is 2. The van der Waals surface area contributed by atoms with E-state index in [9.17, 15) is 4.79 Å². The van der Waals surface area contributed by atoms with Crippen molar-refractivity contribution in [3.63, 3.8) is 0 Å². The molecule has 5 heteroatoms. The maximum Gasteiger partial charge on any atom is 0.338 e. The molecule has 1 heterocycles. The lowest BCUT2D eigenvalue weighted by atomic mass is 10.1. The number of anilines is 2. The molecule has 122 valence electrons. The third kappa shape index (κ3) is 3.46. The number of para-hydroxylation sites is 1. The van der Waals surface area contributed by atoms with Gasteiger partial charge in [-0.3, -0.25) is 0 Å². The minimum atomic E-state index is -0.294. The molecule has 0 radical (unpaired) electrons. The van der Waals surface area contributed by atoms with Crippen molar-refractivity contribution >= 4 is 28.1 Å². The number of rotatable bonds is 5. The van der Waals surface area contributed by atoms with Gasteiger partial charge in [0.15, 0.2) is 5.13 Å². The van der Waals surface area contributed by atoms with Crippen molar-refractivity contribution in [1.29, 1.82) is 0 Å². The van der Waals surface area contributed by atoms with Crippen LogP contribution >= 0.6 is 11.3 Å². The molecule has 0 bridgehead atoms. The lowest BCUT2D eigenvalue weighted by molar-refractivity contribution is 0.0526. The summed E-state index contributed by atoms with van der Waals surface area (Å²) in [4.78, 5) is 19.3. The fraction of sp³-hybridized carbons (Fsp3) is 0.158. The molecule has 0 saturated heterocycles. The van der Waals surface area contributed by atoms with E-state index >= 15 is 0 Å². The number of esters is 1. The van der Waals surface area contributed by atoms with Gasteiger partial charge in [0.25, 0.3) is 0 Å². The van der Waals surface area contributed by atoms with Crippen LogP contribution in [0.25, 0.3) is 10.4 Å². The Morgan fingerprint density at radius 2 is 1.83 bits per heavy atom. The van der Waals surface area contributed by atoms with E-state index in [-0.39, 0.29) is 5.97 Å². The van der Waals surface area contributed by atoms with E-state index in [1.807, 2.05) is 43.6 Å². The topological polar surface area (TPSA) is 42.4 Å². The van der Waals surface area contributed by atoms with Gasteiger partial charge in [0, 0.05) is 18.9 Å². The smallest absolute Gasteiger partial charge is 0.338 e. The van der Waals surface area contributed by atoms with Crippen LogP contribution in [-0.4, -0.2) is 24.6 Å². The number of hydrogen-bond donors (Lipinski definition) is 0. The number of nitrogens with zero attached hydrogens (tertiary/aromatic N) is 2. The Morgan fingerprint density at radius 1 is 1.12 bits per heavy atom. The maximum absolute atomic E-state index is 11.7. The Hall–Kier alpha value is -2.66. The molecule has 2 aromatic carbocycles. The average molecular weight is 338 g/mol. The van der Waals surface area contributed by atoms with Crippen LogP contribution in [0.3, 0.4) is 0 Å². The van der Waals surface area contributed by atoms with Crippen LogP contribution in [0.5, 0.6) is 0 Å². The highest BCUT2D eigenvalue weighted by Crippen LogP contribution is 2.33. The molecule has 4 nitrogen and oxygen atoms in total. The summed E-state index contributed by atoms with van der Waals surface area (Å²) in [6.45, 7) is 2.18. The van der Waals surface area contributed by atoms with E-state index in [1.54, 1.807) is 30.4 Å². The number of carbonyl (C=O) groups is 1. The quantitative estimate of drug-likeness (QED) is 0.629. The van der Waals surface area contributed by atoms with Gasteiger partial charge in [0.05, 0.1) is 17.0 Å². The van der Waals surface area contributed by atoms with Crippen LogP contribution in [0.15, 0.2) is 60.8 Å². The first kappa shape index (κ1) is 16.2.